The van der Waals surface area contributed by atoms with Crippen LogP contribution in [0.4, 0.5) is 11.4 Å². The van der Waals surface area contributed by atoms with Gasteiger partial charge in [0.15, 0.2) is 0 Å². The van der Waals surface area contributed by atoms with Crippen molar-refractivity contribution in [3.05, 3.63) is 191 Å². The van der Waals surface area contributed by atoms with Gasteiger partial charge in [-0.3, -0.25) is 0 Å². The molecule has 0 fully saturated rings. The maximum absolute atomic E-state index is 2.38. The Bertz CT molecular complexity index is 1830. The summed E-state index contributed by atoms with van der Waals surface area (Å²) in [6.45, 7) is 12.8. The number of hydrogen-bond acceptors (Lipinski definition) is 2. The van der Waals surface area contributed by atoms with E-state index in [1.165, 1.54) is 67.0 Å². The highest BCUT2D eigenvalue weighted by Gasteiger charge is 2.10. The number of benzene rings is 6. The van der Waals surface area contributed by atoms with Crippen LogP contribution in [0.3, 0.4) is 0 Å². The molecule has 0 heterocycles. The number of anilines is 2. The predicted octanol–water partition coefficient (Wildman–Crippen LogP) is 12.2. The van der Waals surface area contributed by atoms with Gasteiger partial charge in [-0.15, -0.1) is 0 Å². The van der Waals surface area contributed by atoms with Gasteiger partial charge in [-0.25, -0.2) is 0 Å². The van der Waals surface area contributed by atoms with E-state index >= 15 is 0 Å². The Balaban J connectivity index is 1.26. The van der Waals surface area contributed by atoms with E-state index < -0.39 is 0 Å². The van der Waals surface area contributed by atoms with Crippen LogP contribution < -0.4 is 9.80 Å². The minimum atomic E-state index is 1.00. The van der Waals surface area contributed by atoms with E-state index in [9.17, 15) is 0 Å². The summed E-state index contributed by atoms with van der Waals surface area (Å²) in [5.74, 6) is 0. The van der Waals surface area contributed by atoms with Gasteiger partial charge in [-0.1, -0.05) is 133 Å². The molecule has 0 saturated carbocycles. The van der Waals surface area contributed by atoms with Crippen LogP contribution in [0.2, 0.25) is 0 Å². The first-order valence-electron chi connectivity index (χ1n) is 18.1. The Morgan fingerprint density at radius 1 is 0.360 bits per heavy atom. The molecule has 0 N–H and O–H groups in total. The van der Waals surface area contributed by atoms with Gasteiger partial charge < -0.3 is 9.80 Å². The average Bonchev–Trinajstić information content (AvgIpc) is 3.19. The van der Waals surface area contributed by atoms with E-state index in [4.69, 9.17) is 0 Å². The van der Waals surface area contributed by atoms with E-state index in [1.807, 2.05) is 0 Å². The van der Waals surface area contributed by atoms with Gasteiger partial charge in [0.2, 0.25) is 0 Å². The van der Waals surface area contributed by atoms with Crippen molar-refractivity contribution in [1.82, 2.24) is 0 Å². The molecule has 0 saturated heterocycles. The summed E-state index contributed by atoms with van der Waals surface area (Å²) in [6.07, 6.45) is 4.61. The molecule has 0 atom stereocenters. The first-order chi connectivity index (χ1) is 24.6. The average molecular weight is 653 g/mol. The molecule has 6 aromatic rings. The Morgan fingerprint density at radius 2 is 0.660 bits per heavy atom. The minimum absolute atomic E-state index is 1.00. The highest BCUT2D eigenvalue weighted by atomic mass is 15.1. The summed E-state index contributed by atoms with van der Waals surface area (Å²) in [5, 5.41) is 0. The highest BCUT2D eigenvalue weighted by molar-refractivity contribution is 5.93. The summed E-state index contributed by atoms with van der Waals surface area (Å²) in [5.41, 5.74) is 14.6. The summed E-state index contributed by atoms with van der Waals surface area (Å²) in [4.78, 5) is 4.76. The number of rotatable bonds is 13. The zero-order chi connectivity index (χ0) is 34.7. The second-order valence-corrected chi connectivity index (χ2v) is 12.5. The monoisotopic (exact) mass is 652 g/mol. The van der Waals surface area contributed by atoms with Crippen molar-refractivity contribution < 1.29 is 0 Å². The van der Waals surface area contributed by atoms with Crippen LogP contribution in [-0.4, -0.2) is 26.2 Å². The van der Waals surface area contributed by atoms with Crippen molar-refractivity contribution >= 4 is 34.7 Å². The Kier molecular flexibility index (Phi) is 11.4. The lowest BCUT2D eigenvalue weighted by atomic mass is 9.94. The third-order valence-electron chi connectivity index (χ3n) is 9.56. The molecular weight excluding hydrogens is 605 g/mol. The quantitative estimate of drug-likeness (QED) is 0.115. The molecule has 250 valence electrons. The number of hydrogen-bond donors (Lipinski definition) is 0. The Hall–Kier alpha value is -5.60. The van der Waals surface area contributed by atoms with E-state index in [-0.39, 0.29) is 0 Å². The van der Waals surface area contributed by atoms with Crippen molar-refractivity contribution in [1.29, 1.82) is 0 Å². The third kappa shape index (κ3) is 8.15. The van der Waals surface area contributed by atoms with Crippen LogP contribution in [-0.2, 0) is 0 Å². The van der Waals surface area contributed by atoms with E-state index in [1.54, 1.807) is 0 Å². The highest BCUT2D eigenvalue weighted by Crippen LogP contribution is 2.31. The van der Waals surface area contributed by atoms with Crippen LogP contribution in [0.25, 0.3) is 34.4 Å². The minimum Gasteiger partial charge on any atom is -0.372 e. The predicted molar refractivity (Wildman–Crippen MR) is 219 cm³/mol. The van der Waals surface area contributed by atoms with Gasteiger partial charge in [0.1, 0.15) is 0 Å². The van der Waals surface area contributed by atoms with Crippen LogP contribution in [0.15, 0.2) is 158 Å². The second-order valence-electron chi connectivity index (χ2n) is 12.5. The van der Waals surface area contributed by atoms with E-state index in [0.717, 1.165) is 26.2 Å². The van der Waals surface area contributed by atoms with Gasteiger partial charge in [0, 0.05) is 37.6 Å². The molecule has 0 aliphatic carbocycles. The fraction of sp³-hybridized carbons (Fsp3) is 0.167. The summed E-state index contributed by atoms with van der Waals surface area (Å²) in [6, 6.07) is 57.2. The molecule has 0 amide bonds. The fourth-order valence-electron chi connectivity index (χ4n) is 6.66. The van der Waals surface area contributed by atoms with Gasteiger partial charge in [-0.05, 0) is 120 Å². The maximum atomic E-state index is 2.38. The fourth-order valence-corrected chi connectivity index (χ4v) is 6.66. The van der Waals surface area contributed by atoms with Crippen LogP contribution in [0.1, 0.15) is 61.1 Å². The molecule has 0 aliphatic heterocycles. The van der Waals surface area contributed by atoms with Crippen LogP contribution in [0, 0.1) is 0 Å². The SMILES string of the molecule is CCN(CC)c1ccc(/C(=C\c2ccc(-c3ccc(/C=C(\c4ccccc4)c4ccc(N(CC)CC)cc4)cc3)cc2)c2ccccc2)cc1. The Morgan fingerprint density at radius 3 is 0.960 bits per heavy atom. The standard InChI is InChI=1S/C48H48N2/c1-5-49(6-2)45-31-27-43(28-32-45)47(41-15-11-9-12-16-41)35-37-19-23-39(24-20-37)40-25-21-38(22-26-40)36-48(42-17-13-10-14-18-42)44-29-33-46(34-30-44)50(7-3)8-4/h9-36H,5-8H2,1-4H3/b47-35-,48-36+. The van der Waals surface area contributed by atoms with Crippen molar-refractivity contribution in [3.8, 4) is 11.1 Å². The van der Waals surface area contributed by atoms with Crippen LogP contribution >= 0.6 is 0 Å². The molecule has 50 heavy (non-hydrogen) atoms. The maximum Gasteiger partial charge on any atom is 0.0366 e. The normalized spacial score (nSPS) is 11.8. The molecule has 0 unspecified atom stereocenters. The molecular formula is C48H48N2. The van der Waals surface area contributed by atoms with Crippen molar-refractivity contribution in [2.75, 3.05) is 36.0 Å². The molecule has 6 aromatic carbocycles. The topological polar surface area (TPSA) is 6.48 Å². The Labute approximate surface area is 299 Å². The van der Waals surface area contributed by atoms with Gasteiger partial charge in [-0.2, -0.15) is 0 Å². The molecule has 0 spiro atoms. The van der Waals surface area contributed by atoms with Crippen molar-refractivity contribution in [2.24, 2.45) is 0 Å². The lowest BCUT2D eigenvalue weighted by Crippen LogP contribution is -2.21. The van der Waals surface area contributed by atoms with E-state index in [2.05, 4.69) is 207 Å². The molecule has 2 nitrogen and oxygen atoms in total. The van der Waals surface area contributed by atoms with Crippen molar-refractivity contribution in [3.63, 3.8) is 0 Å². The van der Waals surface area contributed by atoms with Crippen LogP contribution in [0.5, 0.6) is 0 Å². The van der Waals surface area contributed by atoms with E-state index in [0.29, 0.717) is 0 Å². The molecule has 0 aliphatic rings. The number of nitrogens with zero attached hydrogens (tertiary/aromatic N) is 2. The summed E-state index contributed by atoms with van der Waals surface area (Å²) >= 11 is 0. The molecule has 0 radical (unpaired) electrons. The van der Waals surface area contributed by atoms with Gasteiger partial charge in [0.25, 0.3) is 0 Å². The largest absolute Gasteiger partial charge is 0.372 e. The molecule has 0 bridgehead atoms. The zero-order valence-corrected chi connectivity index (χ0v) is 29.9. The lowest BCUT2D eigenvalue weighted by Gasteiger charge is -2.21. The summed E-state index contributed by atoms with van der Waals surface area (Å²) < 4.78 is 0. The van der Waals surface area contributed by atoms with Gasteiger partial charge in [0.05, 0.1) is 0 Å². The first-order valence-corrected chi connectivity index (χ1v) is 18.1. The van der Waals surface area contributed by atoms with Crippen molar-refractivity contribution in [2.45, 2.75) is 27.7 Å². The second kappa shape index (κ2) is 16.7. The third-order valence-corrected chi connectivity index (χ3v) is 9.56. The zero-order valence-electron chi connectivity index (χ0n) is 29.9. The first kappa shape index (κ1) is 34.3. The smallest absolute Gasteiger partial charge is 0.0366 e. The molecule has 2 heteroatoms. The molecule has 0 aromatic heterocycles. The summed E-state index contributed by atoms with van der Waals surface area (Å²) in [7, 11) is 0. The molecule has 6 rings (SSSR count). The lowest BCUT2D eigenvalue weighted by molar-refractivity contribution is 0.866. The van der Waals surface area contributed by atoms with Gasteiger partial charge >= 0.3 is 0 Å².